The molecule has 0 aliphatic rings. The summed E-state index contributed by atoms with van der Waals surface area (Å²) in [4.78, 5) is 0. The van der Waals surface area contributed by atoms with Crippen molar-refractivity contribution in [2.45, 2.75) is 20.7 Å². The van der Waals surface area contributed by atoms with Gasteiger partial charge in [0.1, 0.15) is 5.75 Å². The Balaban J connectivity index is 2.22. The Morgan fingerprint density at radius 2 is 1.79 bits per heavy atom. The molecule has 0 atom stereocenters. The number of fused-ring (bicyclic) bond motifs is 1. The molecule has 3 rings (SSSR count). The maximum absolute atomic E-state index is 10.1. The smallest absolute Gasteiger partial charge is 0.324 e. The van der Waals surface area contributed by atoms with Gasteiger partial charge in [-0.15, -0.1) is 5.10 Å². The van der Waals surface area contributed by atoms with Gasteiger partial charge in [-0.1, -0.05) is 19.0 Å². The van der Waals surface area contributed by atoms with Crippen LogP contribution in [0.5, 0.6) is 5.75 Å². The highest BCUT2D eigenvalue weighted by atomic mass is 16.5. The third-order valence-electron chi connectivity index (χ3n) is 4.28. The van der Waals surface area contributed by atoms with Crippen molar-refractivity contribution in [1.82, 2.24) is 10.2 Å². The molecule has 24 heavy (non-hydrogen) atoms. The molecule has 122 valence electrons. The average molecular weight is 321 g/mol. The number of hydrogen-bond acceptors (Lipinski definition) is 5. The predicted molar refractivity (Wildman–Crippen MR) is 98.9 cm³/mol. The lowest BCUT2D eigenvalue weighted by Crippen LogP contribution is -2.28. The molecule has 0 fully saturated rings. The van der Waals surface area contributed by atoms with Gasteiger partial charge in [0.2, 0.25) is 0 Å². The van der Waals surface area contributed by atoms with E-state index in [2.05, 4.69) is 22.3 Å². The summed E-state index contributed by atoms with van der Waals surface area (Å²) in [5, 5.41) is 20.0. The summed E-state index contributed by atoms with van der Waals surface area (Å²) >= 11 is 0. The van der Waals surface area contributed by atoms with Crippen molar-refractivity contribution in [2.24, 2.45) is 0 Å². The summed E-state index contributed by atoms with van der Waals surface area (Å²) in [7, 11) is 1.62. The molecule has 0 amide bonds. The van der Waals surface area contributed by atoms with E-state index in [-0.39, 0.29) is 0 Å². The predicted octanol–water partition coefficient (Wildman–Crippen LogP) is 2.33. The second kappa shape index (κ2) is 6.13. The number of ether oxygens (including phenoxy) is 1. The van der Waals surface area contributed by atoms with E-state index in [1.54, 1.807) is 13.9 Å². The number of nitrogens with two attached hydrogens (primary N) is 1. The van der Waals surface area contributed by atoms with Gasteiger partial charge in [-0.05, 0) is 54.2 Å². The largest absolute Gasteiger partial charge is 0.497 e. The van der Waals surface area contributed by atoms with Crippen molar-refractivity contribution in [3.8, 4) is 16.9 Å². The first kappa shape index (κ1) is 16.3. The van der Waals surface area contributed by atoms with Crippen molar-refractivity contribution in [3.05, 3.63) is 41.6 Å². The van der Waals surface area contributed by atoms with Gasteiger partial charge < -0.3 is 15.5 Å². The molecule has 1 aromatic heterocycles. The maximum Gasteiger partial charge on any atom is 0.324 e. The number of rotatable bonds is 3. The van der Waals surface area contributed by atoms with Gasteiger partial charge >= 0.3 is 6.92 Å². The Labute approximate surface area is 141 Å². The highest BCUT2D eigenvalue weighted by molar-refractivity contribution is 6.66. The van der Waals surface area contributed by atoms with Crippen LogP contribution < -0.4 is 15.9 Å². The molecule has 0 aliphatic heterocycles. The summed E-state index contributed by atoms with van der Waals surface area (Å²) in [6, 6.07) is 10.0. The lowest BCUT2D eigenvalue weighted by Gasteiger charge is -2.15. The molecule has 6 heteroatoms. The summed E-state index contributed by atoms with van der Waals surface area (Å²) in [6.07, 6.45) is 0. The van der Waals surface area contributed by atoms with Crippen molar-refractivity contribution in [1.29, 1.82) is 0 Å². The molecular weight excluding hydrogens is 301 g/mol. The van der Waals surface area contributed by atoms with E-state index >= 15 is 0 Å². The molecule has 0 unspecified atom stereocenters. The first-order valence-corrected chi connectivity index (χ1v) is 7.82. The molecule has 0 bridgehead atoms. The molecule has 0 radical (unpaired) electrons. The van der Waals surface area contributed by atoms with Gasteiger partial charge in [-0.2, -0.15) is 5.10 Å². The van der Waals surface area contributed by atoms with Crippen LogP contribution in [0.4, 0.5) is 5.82 Å². The van der Waals surface area contributed by atoms with Crippen LogP contribution >= 0.6 is 0 Å². The van der Waals surface area contributed by atoms with E-state index in [1.165, 1.54) is 0 Å². The van der Waals surface area contributed by atoms with Crippen molar-refractivity contribution in [3.63, 3.8) is 0 Å². The van der Waals surface area contributed by atoms with E-state index in [4.69, 9.17) is 10.5 Å². The van der Waals surface area contributed by atoms with Gasteiger partial charge in [0.15, 0.2) is 5.82 Å². The molecule has 1 heterocycles. The summed E-state index contributed by atoms with van der Waals surface area (Å²) in [5.41, 5.74) is 10.6. The first-order chi connectivity index (χ1) is 11.4. The SMILES string of the molecule is COc1c(C)cc(-c2ccc3c(N)nnc(C)c3c2)cc1B(C)O. The normalized spacial score (nSPS) is 10.9. The van der Waals surface area contributed by atoms with E-state index in [9.17, 15) is 5.02 Å². The molecule has 2 aromatic carbocycles. The Bertz CT molecular complexity index is 926. The maximum atomic E-state index is 10.1. The first-order valence-electron chi connectivity index (χ1n) is 7.82. The standard InChI is InChI=1S/C18H20BN3O2/c1-10-7-13(9-16(19(3)23)17(10)24-4)12-5-6-14-15(8-12)11(2)21-22-18(14)20/h5-9,23H,1-4H3,(H2,20,22). The summed E-state index contributed by atoms with van der Waals surface area (Å²) in [6.45, 7) is 5.02. The van der Waals surface area contributed by atoms with Crippen LogP contribution in [0.15, 0.2) is 30.3 Å². The van der Waals surface area contributed by atoms with Gasteiger partial charge in [-0.25, -0.2) is 0 Å². The number of anilines is 1. The fourth-order valence-electron chi connectivity index (χ4n) is 3.04. The summed E-state index contributed by atoms with van der Waals surface area (Å²) < 4.78 is 5.44. The number of hydrogen-bond donors (Lipinski definition) is 2. The zero-order chi connectivity index (χ0) is 17.4. The molecule has 3 N–H and O–H groups in total. The fraction of sp³-hybridized carbons (Fsp3) is 0.222. The van der Waals surface area contributed by atoms with Crippen molar-refractivity contribution >= 4 is 29.0 Å². The van der Waals surface area contributed by atoms with Crippen LogP contribution in [0, 0.1) is 13.8 Å². The third-order valence-corrected chi connectivity index (χ3v) is 4.28. The lowest BCUT2D eigenvalue weighted by atomic mass is 9.63. The van der Waals surface area contributed by atoms with Gasteiger partial charge in [0.05, 0.1) is 12.8 Å². The lowest BCUT2D eigenvalue weighted by molar-refractivity contribution is 0.414. The molecule has 0 saturated heterocycles. The van der Waals surface area contributed by atoms with Crippen molar-refractivity contribution < 1.29 is 9.76 Å². The molecule has 0 aliphatic carbocycles. The Kier molecular flexibility index (Phi) is 4.16. The fourth-order valence-corrected chi connectivity index (χ4v) is 3.04. The van der Waals surface area contributed by atoms with E-state index in [0.29, 0.717) is 5.82 Å². The topological polar surface area (TPSA) is 81.3 Å². The highest BCUT2D eigenvalue weighted by Crippen LogP contribution is 2.30. The van der Waals surface area contributed by atoms with E-state index < -0.39 is 6.92 Å². The van der Waals surface area contributed by atoms with Crippen LogP contribution in [0.3, 0.4) is 0 Å². The van der Waals surface area contributed by atoms with E-state index in [0.717, 1.165) is 44.4 Å². The quantitative estimate of drug-likeness (QED) is 0.724. The minimum atomic E-state index is -0.609. The second-order valence-electron chi connectivity index (χ2n) is 6.02. The molecule has 3 aromatic rings. The number of nitrogens with zero attached hydrogens (tertiary/aromatic N) is 2. The molecule has 5 nitrogen and oxygen atoms in total. The molecule has 0 spiro atoms. The second-order valence-corrected chi connectivity index (χ2v) is 6.02. The molecule has 0 saturated carbocycles. The number of methoxy groups -OCH3 is 1. The van der Waals surface area contributed by atoms with Gasteiger partial charge in [-0.3, -0.25) is 0 Å². The average Bonchev–Trinajstić information content (AvgIpc) is 2.57. The van der Waals surface area contributed by atoms with Crippen LogP contribution in [0.2, 0.25) is 6.82 Å². The number of nitrogen functional groups attached to an aromatic ring is 1. The van der Waals surface area contributed by atoms with Gasteiger partial charge in [0, 0.05) is 10.8 Å². The minimum Gasteiger partial charge on any atom is -0.497 e. The zero-order valence-corrected chi connectivity index (χ0v) is 14.3. The Morgan fingerprint density at radius 3 is 2.46 bits per heavy atom. The highest BCUT2D eigenvalue weighted by Gasteiger charge is 2.17. The Hall–Kier alpha value is -2.60. The van der Waals surface area contributed by atoms with Gasteiger partial charge in [0.25, 0.3) is 0 Å². The number of aromatic nitrogens is 2. The van der Waals surface area contributed by atoms with Crippen LogP contribution in [0.25, 0.3) is 21.9 Å². The van der Waals surface area contributed by atoms with Crippen molar-refractivity contribution in [2.75, 3.05) is 12.8 Å². The number of benzene rings is 2. The van der Waals surface area contributed by atoms with Crippen LogP contribution in [0.1, 0.15) is 11.3 Å². The van der Waals surface area contributed by atoms with E-state index in [1.807, 2.05) is 32.0 Å². The zero-order valence-electron chi connectivity index (χ0n) is 14.3. The number of aryl methyl sites for hydroxylation is 2. The third kappa shape index (κ3) is 2.69. The molecular formula is C18H20BN3O2. The Morgan fingerprint density at radius 1 is 1.04 bits per heavy atom. The van der Waals surface area contributed by atoms with Crippen LogP contribution in [-0.4, -0.2) is 29.2 Å². The summed E-state index contributed by atoms with van der Waals surface area (Å²) in [5.74, 6) is 1.15. The minimum absolute atomic E-state index is 0.428. The monoisotopic (exact) mass is 321 g/mol. The van der Waals surface area contributed by atoms with Crippen LogP contribution in [-0.2, 0) is 0 Å².